The Bertz CT molecular complexity index is 511. The highest BCUT2D eigenvalue weighted by Gasteiger charge is 2.24. The van der Waals surface area contributed by atoms with Gasteiger partial charge in [0.1, 0.15) is 5.75 Å². The first-order valence-corrected chi connectivity index (χ1v) is 9.25. The highest BCUT2D eigenvalue weighted by atomic mass is 32.2. The van der Waals surface area contributed by atoms with Crippen LogP contribution >= 0.6 is 0 Å². The van der Waals surface area contributed by atoms with E-state index in [0.29, 0.717) is 11.7 Å². The molecule has 0 amide bonds. The summed E-state index contributed by atoms with van der Waals surface area (Å²) in [6.45, 7) is 5.75. The maximum atomic E-state index is 11.3. The lowest BCUT2D eigenvalue weighted by atomic mass is 9.87. The number of aryl methyl sites for hydroxylation is 1. The zero-order chi connectivity index (χ0) is 15.9. The van der Waals surface area contributed by atoms with Gasteiger partial charge in [0.25, 0.3) is 0 Å². The van der Waals surface area contributed by atoms with E-state index in [1.807, 2.05) is 19.1 Å². The summed E-state index contributed by atoms with van der Waals surface area (Å²) in [7, 11) is -3.00. The van der Waals surface area contributed by atoms with Gasteiger partial charge in [0, 0.05) is 6.04 Å². The smallest absolute Gasteiger partial charge is 0.211 e. The fourth-order valence-corrected chi connectivity index (χ4v) is 3.41. The van der Waals surface area contributed by atoms with E-state index in [2.05, 4.69) is 11.6 Å². The Morgan fingerprint density at radius 2 is 1.95 bits per heavy atom. The molecule has 5 heteroatoms. The van der Waals surface area contributed by atoms with Crippen LogP contribution in [0.15, 0.2) is 24.3 Å². The number of rotatable bonds is 3. The van der Waals surface area contributed by atoms with Crippen molar-refractivity contribution in [3.05, 3.63) is 29.8 Å². The summed E-state index contributed by atoms with van der Waals surface area (Å²) >= 11 is 0. The van der Waals surface area contributed by atoms with Gasteiger partial charge in [-0.1, -0.05) is 31.9 Å². The molecule has 1 unspecified atom stereocenters. The first-order valence-electron chi connectivity index (χ1n) is 7.59. The van der Waals surface area contributed by atoms with Crippen molar-refractivity contribution in [3.8, 4) is 5.75 Å². The number of hydrogen-bond donors (Lipinski definition) is 2. The van der Waals surface area contributed by atoms with Crippen LogP contribution in [0.25, 0.3) is 0 Å². The van der Waals surface area contributed by atoms with Crippen LogP contribution in [0.3, 0.4) is 0 Å². The number of nitrogens with one attached hydrogen (secondary N) is 1. The Labute approximate surface area is 128 Å². The molecule has 1 aromatic rings. The third-order valence-electron chi connectivity index (χ3n) is 3.82. The molecule has 0 heterocycles. The van der Waals surface area contributed by atoms with Crippen molar-refractivity contribution in [3.63, 3.8) is 0 Å². The van der Waals surface area contributed by atoms with Crippen molar-refractivity contribution < 1.29 is 13.5 Å². The van der Waals surface area contributed by atoms with Crippen LogP contribution in [0.1, 0.15) is 45.1 Å². The molecule has 0 aliphatic heterocycles. The first-order chi connectivity index (χ1) is 9.84. The van der Waals surface area contributed by atoms with E-state index in [4.69, 9.17) is 5.11 Å². The Balaban J connectivity index is 0.000000235. The molecular weight excluding hydrogens is 286 g/mol. The van der Waals surface area contributed by atoms with Crippen molar-refractivity contribution in [2.24, 2.45) is 5.92 Å². The largest absolute Gasteiger partial charge is 0.508 e. The van der Waals surface area contributed by atoms with E-state index >= 15 is 0 Å². The minimum Gasteiger partial charge on any atom is -0.508 e. The minimum atomic E-state index is -3.00. The van der Waals surface area contributed by atoms with Crippen molar-refractivity contribution in [1.29, 1.82) is 0 Å². The second kappa shape index (κ2) is 8.39. The van der Waals surface area contributed by atoms with Gasteiger partial charge in [-0.25, -0.2) is 13.1 Å². The average molecular weight is 313 g/mol. The van der Waals surface area contributed by atoms with E-state index in [-0.39, 0.29) is 11.8 Å². The van der Waals surface area contributed by atoms with Crippen LogP contribution < -0.4 is 4.72 Å². The molecule has 2 atom stereocenters. The third-order valence-corrected chi connectivity index (χ3v) is 5.25. The van der Waals surface area contributed by atoms with Crippen LogP contribution in [0.4, 0.5) is 0 Å². The second-order valence-electron chi connectivity index (χ2n) is 5.73. The highest BCUT2D eigenvalue weighted by Crippen LogP contribution is 2.24. The summed E-state index contributed by atoms with van der Waals surface area (Å²) in [5.41, 5.74) is 1.09. The van der Waals surface area contributed by atoms with Crippen LogP contribution in [-0.2, 0) is 10.0 Å². The van der Waals surface area contributed by atoms with Gasteiger partial charge in [-0.15, -0.1) is 0 Å². The standard InChI is InChI=1S/C9H19NO2S.C7H8O/c1-3-13(11,12)10-9-7-5-4-6-8(9)2;1-6-3-2-4-7(8)5-6/h8-10H,3-7H2,1-2H3;2-5,8H,1H3/t8-,9?;/m0./s1. The molecular formula is C16H27NO3S. The Morgan fingerprint density at radius 3 is 2.43 bits per heavy atom. The zero-order valence-electron chi connectivity index (χ0n) is 13.2. The van der Waals surface area contributed by atoms with Gasteiger partial charge in [-0.05, 0) is 50.3 Å². The monoisotopic (exact) mass is 313 g/mol. The van der Waals surface area contributed by atoms with Gasteiger partial charge in [0.05, 0.1) is 5.75 Å². The molecule has 0 saturated heterocycles. The quantitative estimate of drug-likeness (QED) is 0.900. The summed E-state index contributed by atoms with van der Waals surface area (Å²) in [6, 6.07) is 7.33. The normalized spacial score (nSPS) is 22.2. The molecule has 4 nitrogen and oxygen atoms in total. The lowest BCUT2D eigenvalue weighted by Gasteiger charge is -2.28. The van der Waals surface area contributed by atoms with Crippen molar-refractivity contribution in [2.45, 2.75) is 52.5 Å². The molecule has 0 spiro atoms. The molecule has 120 valence electrons. The van der Waals surface area contributed by atoms with E-state index in [1.54, 1.807) is 19.1 Å². The van der Waals surface area contributed by atoms with E-state index < -0.39 is 10.0 Å². The Morgan fingerprint density at radius 1 is 1.29 bits per heavy atom. The number of hydrogen-bond acceptors (Lipinski definition) is 3. The van der Waals surface area contributed by atoms with E-state index in [0.717, 1.165) is 24.8 Å². The van der Waals surface area contributed by atoms with Gasteiger partial charge < -0.3 is 5.11 Å². The molecule has 1 aromatic carbocycles. The molecule has 1 aliphatic rings. The van der Waals surface area contributed by atoms with Crippen molar-refractivity contribution in [1.82, 2.24) is 4.72 Å². The number of aromatic hydroxyl groups is 1. The lowest BCUT2D eigenvalue weighted by Crippen LogP contribution is -2.41. The van der Waals surface area contributed by atoms with Gasteiger partial charge in [-0.3, -0.25) is 0 Å². The van der Waals surface area contributed by atoms with Crippen LogP contribution in [0.5, 0.6) is 5.75 Å². The maximum absolute atomic E-state index is 11.3. The van der Waals surface area contributed by atoms with Crippen LogP contribution in [0.2, 0.25) is 0 Å². The summed E-state index contributed by atoms with van der Waals surface area (Å²) in [4.78, 5) is 0. The molecule has 1 saturated carbocycles. The fraction of sp³-hybridized carbons (Fsp3) is 0.625. The second-order valence-corrected chi connectivity index (χ2v) is 7.77. The molecule has 1 aliphatic carbocycles. The number of sulfonamides is 1. The predicted molar refractivity (Wildman–Crippen MR) is 86.9 cm³/mol. The first kappa shape index (κ1) is 18.0. The highest BCUT2D eigenvalue weighted by molar-refractivity contribution is 7.89. The summed E-state index contributed by atoms with van der Waals surface area (Å²) in [6.07, 6.45) is 4.55. The van der Waals surface area contributed by atoms with E-state index in [1.165, 1.54) is 6.42 Å². The number of benzene rings is 1. The minimum absolute atomic E-state index is 0.179. The molecule has 2 rings (SSSR count). The zero-order valence-corrected chi connectivity index (χ0v) is 14.0. The summed E-state index contributed by atoms with van der Waals surface area (Å²) in [5.74, 6) is 1.02. The molecule has 21 heavy (non-hydrogen) atoms. The fourth-order valence-electron chi connectivity index (χ4n) is 2.43. The molecule has 0 aromatic heterocycles. The van der Waals surface area contributed by atoms with Gasteiger partial charge in [0.15, 0.2) is 0 Å². The van der Waals surface area contributed by atoms with Gasteiger partial charge in [-0.2, -0.15) is 0 Å². The average Bonchev–Trinajstić information content (AvgIpc) is 2.42. The van der Waals surface area contributed by atoms with Gasteiger partial charge in [0.2, 0.25) is 10.0 Å². The van der Waals surface area contributed by atoms with Crippen LogP contribution in [0, 0.1) is 12.8 Å². The molecule has 2 N–H and O–H groups in total. The predicted octanol–water partition coefficient (Wildman–Crippen LogP) is 3.21. The summed E-state index contributed by atoms with van der Waals surface area (Å²) in [5, 5.41) is 8.81. The SMILES string of the molecule is CCS(=O)(=O)NC1CCCC[C@@H]1C.Cc1cccc(O)c1. The molecule has 0 bridgehead atoms. The topological polar surface area (TPSA) is 66.4 Å². The number of phenolic OH excluding ortho intramolecular Hbond substituents is 1. The molecule has 1 fully saturated rings. The number of phenols is 1. The van der Waals surface area contributed by atoms with Gasteiger partial charge >= 0.3 is 0 Å². The molecule has 0 radical (unpaired) electrons. The maximum Gasteiger partial charge on any atom is 0.211 e. The summed E-state index contributed by atoms with van der Waals surface area (Å²) < 4.78 is 25.4. The third kappa shape index (κ3) is 6.96. The van der Waals surface area contributed by atoms with Crippen molar-refractivity contribution in [2.75, 3.05) is 5.75 Å². The Kier molecular flexibility index (Phi) is 7.18. The lowest BCUT2D eigenvalue weighted by molar-refractivity contribution is 0.310. The van der Waals surface area contributed by atoms with Crippen molar-refractivity contribution >= 4 is 10.0 Å². The Hall–Kier alpha value is -1.07. The van der Waals surface area contributed by atoms with E-state index in [9.17, 15) is 8.42 Å². The van der Waals surface area contributed by atoms with Crippen LogP contribution in [-0.4, -0.2) is 25.3 Å².